The molecule has 5 rings (SSSR count). The first-order valence-electron chi connectivity index (χ1n) is 14.4. The predicted molar refractivity (Wildman–Crippen MR) is 157 cm³/mol. The predicted octanol–water partition coefficient (Wildman–Crippen LogP) is 4.79. The normalized spacial score (nSPS) is 17.1. The minimum absolute atomic E-state index is 0.00504. The van der Waals surface area contributed by atoms with Gasteiger partial charge in [-0.2, -0.15) is 5.10 Å². The van der Waals surface area contributed by atoms with E-state index in [4.69, 9.17) is 5.10 Å². The third-order valence-electron chi connectivity index (χ3n) is 8.33. The number of rotatable bonds is 10. The van der Waals surface area contributed by atoms with E-state index in [-0.39, 0.29) is 5.56 Å². The second kappa shape index (κ2) is 12.0. The Bertz CT molecular complexity index is 1340. The highest BCUT2D eigenvalue weighted by Crippen LogP contribution is 2.34. The van der Waals surface area contributed by atoms with Gasteiger partial charge in [0, 0.05) is 42.8 Å². The third-order valence-corrected chi connectivity index (χ3v) is 8.33. The van der Waals surface area contributed by atoms with Gasteiger partial charge >= 0.3 is 0 Å². The van der Waals surface area contributed by atoms with Crippen molar-refractivity contribution in [1.82, 2.24) is 29.9 Å². The Labute approximate surface area is 226 Å². The summed E-state index contributed by atoms with van der Waals surface area (Å²) in [6, 6.07) is 7.29. The van der Waals surface area contributed by atoms with Crippen LogP contribution in [-0.2, 0) is 13.1 Å². The molecular weight excluding hydrogens is 472 g/mol. The van der Waals surface area contributed by atoms with Gasteiger partial charge in [-0.25, -0.2) is 0 Å². The van der Waals surface area contributed by atoms with Crippen LogP contribution in [0.2, 0.25) is 0 Å². The molecule has 7 heteroatoms. The second-order valence-electron chi connectivity index (χ2n) is 11.6. The zero-order valence-electron chi connectivity index (χ0n) is 23.6. The van der Waals surface area contributed by atoms with Crippen LogP contribution in [0, 0.1) is 13.8 Å². The van der Waals surface area contributed by atoms with E-state index in [0.717, 1.165) is 49.4 Å². The molecule has 0 saturated heterocycles. The molecule has 0 spiro atoms. The highest BCUT2D eigenvalue weighted by Gasteiger charge is 2.22. The standard InChI is InChI=1S/C31H44N6O/c1-22-16-23(2)34-31(38)28(22)20-32-19-26-17-25(24-10-14-36(15-11-24)13-7-12-35(3)4)18-30-29(26)21-33-37(30)27-8-5-6-9-27/h10,16-18,21,27,32H,5-9,11-15,19-20H2,1-4H3,(H,34,38). The molecule has 204 valence electrons. The van der Waals surface area contributed by atoms with Gasteiger partial charge in [-0.05, 0) is 107 Å². The van der Waals surface area contributed by atoms with Gasteiger partial charge in [0.05, 0.1) is 17.8 Å². The first-order valence-corrected chi connectivity index (χ1v) is 14.4. The van der Waals surface area contributed by atoms with Crippen molar-refractivity contribution in [2.24, 2.45) is 0 Å². The Morgan fingerprint density at radius 3 is 2.66 bits per heavy atom. The van der Waals surface area contributed by atoms with Crippen LogP contribution in [0.3, 0.4) is 0 Å². The van der Waals surface area contributed by atoms with E-state index in [1.54, 1.807) is 0 Å². The molecule has 1 aliphatic carbocycles. The summed E-state index contributed by atoms with van der Waals surface area (Å²) >= 11 is 0. The Morgan fingerprint density at radius 2 is 1.95 bits per heavy atom. The quantitative estimate of drug-likeness (QED) is 0.406. The Morgan fingerprint density at radius 1 is 1.13 bits per heavy atom. The van der Waals surface area contributed by atoms with Crippen molar-refractivity contribution >= 4 is 16.5 Å². The van der Waals surface area contributed by atoms with Gasteiger partial charge in [0.2, 0.25) is 0 Å². The molecule has 0 unspecified atom stereocenters. The van der Waals surface area contributed by atoms with Gasteiger partial charge in [-0.15, -0.1) is 0 Å². The Kier molecular flexibility index (Phi) is 8.46. The Balaban J connectivity index is 1.38. The lowest BCUT2D eigenvalue weighted by Gasteiger charge is -2.27. The lowest BCUT2D eigenvalue weighted by atomic mass is 9.95. The van der Waals surface area contributed by atoms with E-state index < -0.39 is 0 Å². The highest BCUT2D eigenvalue weighted by atomic mass is 16.1. The van der Waals surface area contributed by atoms with Gasteiger partial charge in [-0.1, -0.05) is 18.9 Å². The number of hydrogen-bond donors (Lipinski definition) is 2. The van der Waals surface area contributed by atoms with Crippen molar-refractivity contribution in [2.75, 3.05) is 40.3 Å². The summed E-state index contributed by atoms with van der Waals surface area (Å²) < 4.78 is 2.29. The third kappa shape index (κ3) is 6.11. The van der Waals surface area contributed by atoms with Crippen molar-refractivity contribution in [2.45, 2.75) is 71.5 Å². The molecule has 2 aliphatic rings. The fourth-order valence-corrected chi connectivity index (χ4v) is 6.20. The monoisotopic (exact) mass is 516 g/mol. The minimum atomic E-state index is 0.00504. The fraction of sp³-hybridized carbons (Fsp3) is 0.548. The van der Waals surface area contributed by atoms with Crippen molar-refractivity contribution < 1.29 is 0 Å². The van der Waals surface area contributed by atoms with E-state index >= 15 is 0 Å². The molecule has 7 nitrogen and oxygen atoms in total. The van der Waals surface area contributed by atoms with Crippen LogP contribution in [0.25, 0.3) is 16.5 Å². The molecule has 1 aliphatic heterocycles. The van der Waals surface area contributed by atoms with Crippen LogP contribution in [0.1, 0.15) is 72.5 Å². The second-order valence-corrected chi connectivity index (χ2v) is 11.6. The maximum Gasteiger partial charge on any atom is 0.252 e. The van der Waals surface area contributed by atoms with Crippen LogP contribution < -0.4 is 10.9 Å². The van der Waals surface area contributed by atoms with E-state index in [9.17, 15) is 4.79 Å². The number of H-pyrrole nitrogens is 1. The van der Waals surface area contributed by atoms with Crippen LogP contribution in [-0.4, -0.2) is 64.8 Å². The largest absolute Gasteiger partial charge is 0.326 e. The van der Waals surface area contributed by atoms with Gasteiger partial charge in [-0.3, -0.25) is 14.4 Å². The summed E-state index contributed by atoms with van der Waals surface area (Å²) in [4.78, 5) is 20.3. The average Bonchev–Trinajstić information content (AvgIpc) is 3.55. The molecule has 0 radical (unpaired) electrons. The molecular formula is C31H44N6O. The summed E-state index contributed by atoms with van der Waals surface area (Å²) in [7, 11) is 4.29. The van der Waals surface area contributed by atoms with Crippen LogP contribution in [0.4, 0.5) is 0 Å². The van der Waals surface area contributed by atoms with Crippen LogP contribution in [0.5, 0.6) is 0 Å². The number of aromatic nitrogens is 3. The summed E-state index contributed by atoms with van der Waals surface area (Å²) in [6.07, 6.45) is 11.8. The minimum Gasteiger partial charge on any atom is -0.326 e. The van der Waals surface area contributed by atoms with Crippen molar-refractivity contribution in [1.29, 1.82) is 0 Å². The Hall–Kier alpha value is -2.74. The molecule has 1 fully saturated rings. The van der Waals surface area contributed by atoms with Gasteiger partial charge in [0.25, 0.3) is 5.56 Å². The number of benzene rings is 1. The number of aryl methyl sites for hydroxylation is 2. The molecule has 3 aromatic rings. The SMILES string of the molecule is Cc1cc(C)c(CNCc2cc(C3=CCN(CCCN(C)C)CC3)cc3c2cnn3C2CCCC2)c(=O)[nH]1. The van der Waals surface area contributed by atoms with Crippen molar-refractivity contribution in [3.8, 4) is 0 Å². The van der Waals surface area contributed by atoms with E-state index in [1.165, 1.54) is 59.7 Å². The molecule has 1 saturated carbocycles. The number of pyridine rings is 1. The molecule has 0 atom stereocenters. The first kappa shape index (κ1) is 26.9. The van der Waals surface area contributed by atoms with E-state index in [1.807, 2.05) is 19.9 Å². The van der Waals surface area contributed by atoms with E-state index in [2.05, 4.69) is 63.3 Å². The summed E-state index contributed by atoms with van der Waals surface area (Å²) in [5, 5.41) is 9.69. The fourth-order valence-electron chi connectivity index (χ4n) is 6.20. The maximum absolute atomic E-state index is 12.5. The zero-order chi connectivity index (χ0) is 26.6. The van der Waals surface area contributed by atoms with Gasteiger partial charge in [0.1, 0.15) is 0 Å². The lowest BCUT2D eigenvalue weighted by molar-refractivity contribution is 0.277. The van der Waals surface area contributed by atoms with Crippen molar-refractivity contribution in [3.05, 3.63) is 68.8 Å². The van der Waals surface area contributed by atoms with Crippen LogP contribution >= 0.6 is 0 Å². The number of nitrogens with zero attached hydrogens (tertiary/aromatic N) is 4. The molecule has 0 amide bonds. The molecule has 1 aromatic carbocycles. The molecule has 2 aromatic heterocycles. The van der Waals surface area contributed by atoms with Crippen molar-refractivity contribution in [3.63, 3.8) is 0 Å². The number of aromatic amines is 1. The summed E-state index contributed by atoms with van der Waals surface area (Å²) in [6.45, 7) is 9.63. The molecule has 2 N–H and O–H groups in total. The van der Waals surface area contributed by atoms with Gasteiger partial charge < -0.3 is 15.2 Å². The molecule has 3 heterocycles. The average molecular weight is 517 g/mol. The first-order chi connectivity index (χ1) is 18.4. The molecule has 38 heavy (non-hydrogen) atoms. The van der Waals surface area contributed by atoms with Crippen LogP contribution in [0.15, 0.2) is 35.3 Å². The maximum atomic E-state index is 12.5. The molecule has 0 bridgehead atoms. The number of hydrogen-bond acceptors (Lipinski definition) is 5. The summed E-state index contributed by atoms with van der Waals surface area (Å²) in [5.41, 5.74) is 8.05. The number of fused-ring (bicyclic) bond motifs is 1. The number of nitrogens with one attached hydrogen (secondary N) is 2. The van der Waals surface area contributed by atoms with E-state index in [0.29, 0.717) is 19.1 Å². The summed E-state index contributed by atoms with van der Waals surface area (Å²) in [5.74, 6) is 0. The lowest BCUT2D eigenvalue weighted by Crippen LogP contribution is -2.31. The van der Waals surface area contributed by atoms with Gasteiger partial charge in [0.15, 0.2) is 0 Å². The zero-order valence-corrected chi connectivity index (χ0v) is 23.6. The topological polar surface area (TPSA) is 69.2 Å². The highest BCUT2D eigenvalue weighted by molar-refractivity contribution is 5.87. The smallest absolute Gasteiger partial charge is 0.252 e.